The molecule has 0 aromatic carbocycles. The van der Waals surface area contributed by atoms with Crippen molar-refractivity contribution >= 4 is 29.7 Å². The molecule has 0 spiro atoms. The van der Waals surface area contributed by atoms with Gasteiger partial charge in [-0.25, -0.2) is 4.79 Å². The maximum absolute atomic E-state index is 12.4. The number of unbranched alkanes of at least 4 members (excludes halogenated alkanes) is 7. The summed E-state index contributed by atoms with van der Waals surface area (Å²) in [6.45, 7) is 13.7. The molecule has 0 aliphatic heterocycles. The number of esters is 4. The number of ether oxygens (including phenoxy) is 6. The second-order valence-corrected chi connectivity index (χ2v) is 13.8. The first kappa shape index (κ1) is 52.2. The number of hydrogen-bond donors (Lipinski definition) is 0. The van der Waals surface area contributed by atoms with E-state index in [0.717, 1.165) is 83.5 Å². The van der Waals surface area contributed by atoms with E-state index in [2.05, 4.69) is 44.0 Å². The molecule has 2 atom stereocenters. The fourth-order valence-electron chi connectivity index (χ4n) is 5.39. The van der Waals surface area contributed by atoms with E-state index in [9.17, 15) is 24.0 Å². The second kappa shape index (κ2) is 38.1. The fourth-order valence-corrected chi connectivity index (χ4v) is 5.39. The molecule has 11 heteroatoms. The normalized spacial score (nSPS) is 12.2. The number of Topliss-reactive ketones (excluding diaryl/α,β-unsaturated/α-hetero) is 1. The highest BCUT2D eigenvalue weighted by molar-refractivity contribution is 5.87. The minimum atomic E-state index is -0.549. The predicted octanol–water partition coefficient (Wildman–Crippen LogP) is 9.38. The molecule has 0 N–H and O–H groups in total. The van der Waals surface area contributed by atoms with Gasteiger partial charge < -0.3 is 28.4 Å². The third-order valence-corrected chi connectivity index (χ3v) is 8.63. The van der Waals surface area contributed by atoms with Crippen LogP contribution in [0.15, 0.2) is 61.8 Å². The van der Waals surface area contributed by atoms with Crippen molar-refractivity contribution in [3.8, 4) is 0 Å². The molecular weight excluding hydrogens is 716 g/mol. The largest absolute Gasteiger partial charge is 0.462 e. The summed E-state index contributed by atoms with van der Waals surface area (Å²) in [5.74, 6) is -1.85. The smallest absolute Gasteiger partial charge is 0.333 e. The molecule has 0 radical (unpaired) electrons. The van der Waals surface area contributed by atoms with Crippen LogP contribution in [0.4, 0.5) is 0 Å². The Labute approximate surface area is 337 Å². The molecule has 0 heterocycles. The van der Waals surface area contributed by atoms with Gasteiger partial charge >= 0.3 is 23.9 Å². The first-order valence-electron chi connectivity index (χ1n) is 20.6. The van der Waals surface area contributed by atoms with E-state index in [0.29, 0.717) is 26.2 Å². The van der Waals surface area contributed by atoms with Crippen molar-refractivity contribution in [2.45, 2.75) is 154 Å². The number of hydrogen-bond acceptors (Lipinski definition) is 11. The second-order valence-electron chi connectivity index (χ2n) is 13.8. The van der Waals surface area contributed by atoms with Crippen molar-refractivity contribution < 1.29 is 52.4 Å². The van der Waals surface area contributed by atoms with Crippen LogP contribution in [0.5, 0.6) is 0 Å². The van der Waals surface area contributed by atoms with Crippen LogP contribution in [-0.2, 0) is 52.4 Å². The SMILES string of the molecule is C=CCCCC(CCC=CCCCCCCC=CCCCC(CCC=C)OC(=O)CCC(=O)OCCOC(=O)C(=C)C)OC(=O)CCC(=O)CCOCCOC. The summed E-state index contributed by atoms with van der Waals surface area (Å²) in [6.07, 6.45) is 27.4. The van der Waals surface area contributed by atoms with E-state index >= 15 is 0 Å². The molecule has 0 saturated heterocycles. The number of carbonyl (C=O) groups excluding carboxylic acids is 5. The van der Waals surface area contributed by atoms with E-state index in [1.54, 1.807) is 13.2 Å². The lowest BCUT2D eigenvalue weighted by Crippen LogP contribution is -2.20. The number of methoxy groups -OCH3 is 1. The summed E-state index contributed by atoms with van der Waals surface area (Å²) in [6, 6.07) is 0. The molecular formula is C45H72O11. The van der Waals surface area contributed by atoms with Crippen LogP contribution >= 0.6 is 0 Å². The number of allylic oxidation sites excluding steroid dienone is 6. The molecule has 0 aliphatic rings. The zero-order valence-corrected chi connectivity index (χ0v) is 34.6. The molecule has 0 aliphatic carbocycles. The number of carbonyl (C=O) groups is 5. The summed E-state index contributed by atoms with van der Waals surface area (Å²) in [5, 5.41) is 0. The molecule has 0 saturated carbocycles. The Kier molecular flexibility index (Phi) is 35.5. The monoisotopic (exact) mass is 789 g/mol. The van der Waals surface area contributed by atoms with E-state index in [4.69, 9.17) is 28.4 Å². The molecule has 2 unspecified atom stereocenters. The Morgan fingerprint density at radius 1 is 0.518 bits per heavy atom. The minimum Gasteiger partial charge on any atom is -0.462 e. The van der Waals surface area contributed by atoms with Gasteiger partial charge in [0.1, 0.15) is 31.2 Å². The molecule has 0 amide bonds. The van der Waals surface area contributed by atoms with Gasteiger partial charge in [0.2, 0.25) is 0 Å². The van der Waals surface area contributed by atoms with Gasteiger partial charge in [0.25, 0.3) is 0 Å². The predicted molar refractivity (Wildman–Crippen MR) is 220 cm³/mol. The molecule has 0 aromatic rings. The maximum atomic E-state index is 12.4. The summed E-state index contributed by atoms with van der Waals surface area (Å²) in [5.41, 5.74) is 0.266. The van der Waals surface area contributed by atoms with Crippen molar-refractivity contribution in [3.63, 3.8) is 0 Å². The van der Waals surface area contributed by atoms with E-state index in [-0.39, 0.29) is 74.9 Å². The van der Waals surface area contributed by atoms with Gasteiger partial charge in [-0.2, -0.15) is 0 Å². The van der Waals surface area contributed by atoms with Gasteiger partial charge in [-0.15, -0.1) is 13.2 Å². The number of rotatable bonds is 39. The molecule has 0 bridgehead atoms. The Balaban J connectivity index is 4.14. The van der Waals surface area contributed by atoms with Gasteiger partial charge in [-0.1, -0.05) is 55.9 Å². The van der Waals surface area contributed by atoms with Crippen molar-refractivity contribution in [1.82, 2.24) is 0 Å². The third kappa shape index (κ3) is 34.6. The lowest BCUT2D eigenvalue weighted by Gasteiger charge is -2.17. The lowest BCUT2D eigenvalue weighted by molar-refractivity contribution is -0.155. The summed E-state index contributed by atoms with van der Waals surface area (Å²) in [4.78, 5) is 60.1. The van der Waals surface area contributed by atoms with Crippen LogP contribution in [0.2, 0.25) is 0 Å². The molecule has 0 aromatic heterocycles. The van der Waals surface area contributed by atoms with Crippen LogP contribution in [0.1, 0.15) is 142 Å². The van der Waals surface area contributed by atoms with Crippen LogP contribution in [-0.4, -0.2) is 82.0 Å². The Morgan fingerprint density at radius 2 is 1.04 bits per heavy atom. The van der Waals surface area contributed by atoms with E-state index in [1.165, 1.54) is 19.8 Å². The van der Waals surface area contributed by atoms with Crippen molar-refractivity contribution in [2.75, 3.05) is 40.1 Å². The highest BCUT2D eigenvalue weighted by atomic mass is 16.6. The van der Waals surface area contributed by atoms with Crippen LogP contribution in [0.25, 0.3) is 0 Å². The van der Waals surface area contributed by atoms with Gasteiger partial charge in [-0.3, -0.25) is 19.2 Å². The van der Waals surface area contributed by atoms with Crippen molar-refractivity contribution in [3.05, 3.63) is 61.8 Å². The molecule has 318 valence electrons. The molecule has 0 fully saturated rings. The molecule has 11 nitrogen and oxygen atoms in total. The number of ketones is 1. The van der Waals surface area contributed by atoms with Crippen molar-refractivity contribution in [2.24, 2.45) is 0 Å². The average Bonchev–Trinajstić information content (AvgIpc) is 3.17. The zero-order valence-electron chi connectivity index (χ0n) is 34.6. The van der Waals surface area contributed by atoms with Gasteiger partial charge in [0, 0.05) is 25.5 Å². The molecule has 0 rings (SSSR count). The van der Waals surface area contributed by atoms with Crippen LogP contribution in [0, 0.1) is 0 Å². The highest BCUT2D eigenvalue weighted by Crippen LogP contribution is 2.16. The zero-order chi connectivity index (χ0) is 41.5. The highest BCUT2D eigenvalue weighted by Gasteiger charge is 2.17. The van der Waals surface area contributed by atoms with Crippen LogP contribution in [0.3, 0.4) is 0 Å². The van der Waals surface area contributed by atoms with E-state index < -0.39 is 17.9 Å². The summed E-state index contributed by atoms with van der Waals surface area (Å²) >= 11 is 0. The van der Waals surface area contributed by atoms with Crippen molar-refractivity contribution in [1.29, 1.82) is 0 Å². The first-order chi connectivity index (χ1) is 27.1. The average molecular weight is 789 g/mol. The summed E-state index contributed by atoms with van der Waals surface area (Å²) in [7, 11) is 1.60. The van der Waals surface area contributed by atoms with Crippen LogP contribution < -0.4 is 0 Å². The Morgan fingerprint density at radius 3 is 1.62 bits per heavy atom. The van der Waals surface area contributed by atoms with E-state index in [1.807, 2.05) is 6.08 Å². The van der Waals surface area contributed by atoms with Gasteiger partial charge in [0.15, 0.2) is 0 Å². The standard InChI is InChI=1S/C45H72O11/c1-6-8-21-25-41(56-43(48)29-28-39(46)32-33-52-35-34-51-5)27-23-20-18-16-14-12-10-11-13-15-17-19-22-26-40(24-9-7-2)55-44(49)31-30-42(47)53-36-37-54-45(50)38(3)4/h6-7,15,17-18,20,40-41H,1-3,8-14,16,19,21-37H2,4-5H3. The Bertz CT molecular complexity index is 1170. The lowest BCUT2D eigenvalue weighted by atomic mass is 10.1. The first-order valence-corrected chi connectivity index (χ1v) is 20.6. The quantitative estimate of drug-likeness (QED) is 0.0193. The fraction of sp³-hybridized carbons (Fsp3) is 0.667. The topological polar surface area (TPSA) is 141 Å². The van der Waals surface area contributed by atoms with Gasteiger partial charge in [-0.05, 0) is 96.8 Å². The Hall–Kier alpha value is -3.83. The third-order valence-electron chi connectivity index (χ3n) is 8.63. The maximum Gasteiger partial charge on any atom is 0.333 e. The summed E-state index contributed by atoms with van der Waals surface area (Å²) < 4.78 is 31.5. The minimum absolute atomic E-state index is 0.00221. The molecule has 56 heavy (non-hydrogen) atoms. The van der Waals surface area contributed by atoms with Gasteiger partial charge in [0.05, 0.1) is 39.1 Å².